The first-order valence-electron chi connectivity index (χ1n) is 22.5. The second-order valence-electron chi connectivity index (χ2n) is 22.0. The molecular formula is C48H60F4O12. The normalized spacial score (nSPS) is 53.2. The average Bonchev–Trinajstić information content (AvgIpc) is 3.83. The summed E-state index contributed by atoms with van der Waals surface area (Å²) in [5.74, 6) is -7.06. The summed E-state index contributed by atoms with van der Waals surface area (Å²) < 4.78 is 89.7. The lowest BCUT2D eigenvalue weighted by molar-refractivity contribution is -0.248. The van der Waals surface area contributed by atoms with E-state index in [-0.39, 0.29) is 49.7 Å². The van der Waals surface area contributed by atoms with E-state index in [0.717, 1.165) is 12.2 Å². The molecule has 2 heterocycles. The first-order valence-corrected chi connectivity index (χ1v) is 22.5. The van der Waals surface area contributed by atoms with E-state index in [1.54, 1.807) is 41.5 Å². The number of carbonyl (C=O) groups excluding carboxylic acids is 4. The Balaban J connectivity index is 0.000000162. The van der Waals surface area contributed by atoms with Crippen LogP contribution < -0.4 is 0 Å². The number of fused-ring (bicyclic) bond motifs is 14. The van der Waals surface area contributed by atoms with Crippen LogP contribution in [0.4, 0.5) is 17.6 Å². The molecule has 0 unspecified atom stereocenters. The van der Waals surface area contributed by atoms with Gasteiger partial charge < -0.3 is 39.4 Å². The van der Waals surface area contributed by atoms with Crippen LogP contribution in [-0.4, -0.2) is 128 Å². The molecule has 10 rings (SSSR count). The maximum atomic E-state index is 17.1. The third-order valence-electron chi connectivity index (χ3n) is 18.4. The van der Waals surface area contributed by atoms with Crippen molar-refractivity contribution in [1.29, 1.82) is 0 Å². The Bertz CT molecular complexity index is 2070. The summed E-state index contributed by atoms with van der Waals surface area (Å²) in [4.78, 5) is 50.1. The minimum atomic E-state index is -2.24. The van der Waals surface area contributed by atoms with Crippen molar-refractivity contribution in [3.05, 3.63) is 47.6 Å². The molecule has 0 aromatic rings. The zero-order valence-electron chi connectivity index (χ0n) is 37.5. The summed E-state index contributed by atoms with van der Waals surface area (Å²) in [6, 6.07) is 0. The van der Waals surface area contributed by atoms with E-state index in [4.69, 9.17) is 18.9 Å². The van der Waals surface area contributed by atoms with Crippen molar-refractivity contribution >= 4 is 23.1 Å². The van der Waals surface area contributed by atoms with Crippen molar-refractivity contribution in [3.8, 4) is 0 Å². The summed E-state index contributed by atoms with van der Waals surface area (Å²) in [5, 5.41) is 42.3. The monoisotopic (exact) mass is 904 g/mol. The fourth-order valence-corrected chi connectivity index (χ4v) is 15.8. The van der Waals surface area contributed by atoms with Crippen LogP contribution in [0.15, 0.2) is 47.6 Å². The van der Waals surface area contributed by atoms with Crippen LogP contribution in [0.1, 0.15) is 93.9 Å². The number of Topliss-reactive ketones (excluding diaryl/α,β-unsaturated/α-hetero) is 2. The molecule has 0 spiro atoms. The van der Waals surface area contributed by atoms with Gasteiger partial charge in [0.15, 0.2) is 57.2 Å². The maximum absolute atomic E-state index is 17.1. The van der Waals surface area contributed by atoms with E-state index in [2.05, 4.69) is 0 Å². The topological polar surface area (TPSA) is 186 Å². The number of carbonyl (C=O) groups is 4. The first-order chi connectivity index (χ1) is 29.5. The molecule has 12 nitrogen and oxygen atoms in total. The van der Waals surface area contributed by atoms with Gasteiger partial charge in [-0.3, -0.25) is 19.2 Å². The van der Waals surface area contributed by atoms with Crippen molar-refractivity contribution in [1.82, 2.24) is 0 Å². The van der Waals surface area contributed by atoms with Gasteiger partial charge in [-0.1, -0.05) is 26.0 Å². The largest absolute Gasteiger partial charge is 0.390 e. The second-order valence-corrected chi connectivity index (χ2v) is 22.0. The number of rotatable bonds is 4. The molecule has 6 saturated carbocycles. The third kappa shape index (κ3) is 5.34. The number of halogens is 4. The van der Waals surface area contributed by atoms with E-state index in [0.29, 0.717) is 0 Å². The Labute approximate surface area is 369 Å². The molecule has 8 aliphatic carbocycles. The van der Waals surface area contributed by atoms with Gasteiger partial charge in [0.25, 0.3) is 0 Å². The lowest BCUT2D eigenvalue weighted by atomic mass is 9.44. The van der Waals surface area contributed by atoms with Gasteiger partial charge in [-0.2, -0.15) is 0 Å². The van der Waals surface area contributed by atoms with Crippen LogP contribution >= 0.6 is 0 Å². The van der Waals surface area contributed by atoms with Crippen molar-refractivity contribution in [2.45, 2.75) is 165 Å². The summed E-state index contributed by atoms with van der Waals surface area (Å²) in [5.41, 5.74) is -12.6. The van der Waals surface area contributed by atoms with Gasteiger partial charge in [-0.05, 0) is 127 Å². The highest BCUT2D eigenvalue weighted by Gasteiger charge is 2.82. The Morgan fingerprint density at radius 1 is 0.609 bits per heavy atom. The van der Waals surface area contributed by atoms with Crippen LogP contribution in [0, 0.1) is 45.3 Å². The van der Waals surface area contributed by atoms with Crippen molar-refractivity contribution in [3.63, 3.8) is 0 Å². The minimum absolute atomic E-state index is 0.0550. The molecule has 0 bridgehead atoms. The third-order valence-corrected chi connectivity index (χ3v) is 18.4. The summed E-state index contributed by atoms with van der Waals surface area (Å²) in [6.07, 6.45) is -0.302. The molecule has 0 amide bonds. The van der Waals surface area contributed by atoms with Gasteiger partial charge in [0, 0.05) is 33.5 Å². The summed E-state index contributed by atoms with van der Waals surface area (Å²) >= 11 is 0. The van der Waals surface area contributed by atoms with E-state index in [1.165, 1.54) is 38.2 Å². The van der Waals surface area contributed by atoms with Gasteiger partial charge in [0.2, 0.25) is 0 Å². The Kier molecular flexibility index (Phi) is 9.97. The predicted octanol–water partition coefficient (Wildman–Crippen LogP) is 4.73. The Morgan fingerprint density at radius 3 is 1.28 bits per heavy atom. The Hall–Kier alpha value is -2.96. The van der Waals surface area contributed by atoms with Crippen LogP contribution in [0.2, 0.25) is 0 Å². The lowest BCUT2D eigenvalue weighted by Crippen LogP contribution is -2.71. The SMILES string of the molecule is CC1(C)O[C@@H]2C[C@H]3[C@@H]4C[C@H](F)C5=CC(=O)C=C[C@]5(C)[C@@]4(F)[C@@H](O)C[C@]3(C)[C@]2(C(=O)CO)O1.CC1(C)O[C@@H]2C[C@H]3[C@@H]4C[C@H](F)C5=CC(=O)C=C[C@]5(C)[C@@]4(F)[C@@H](O)C[C@]3(C)[C@]2(C(=O)CO)O1. The molecule has 0 radical (unpaired) electrons. The van der Waals surface area contributed by atoms with Gasteiger partial charge in [0.05, 0.1) is 24.4 Å². The number of aliphatic hydroxyl groups excluding tert-OH is 4. The highest BCUT2D eigenvalue weighted by molar-refractivity contribution is 6.02. The molecule has 4 N–H and O–H groups in total. The predicted molar refractivity (Wildman–Crippen MR) is 218 cm³/mol. The highest BCUT2D eigenvalue weighted by atomic mass is 19.2. The standard InChI is InChI=1S/2C24H30F2O6/c2*1-20(2)31-19-9-13-14-8-16(25)15-7-12(28)5-6-21(15,3)23(14,26)17(29)10-22(13,4)24(19,32-20)18(30)11-27/h2*5-7,13-14,16-17,19,27,29H,8-11H2,1-4H3/t2*13-,14-,16-,17-,19+,21-,22-,23-,24+/m00/s1. The number of hydrogen-bond acceptors (Lipinski definition) is 12. The molecule has 352 valence electrons. The minimum Gasteiger partial charge on any atom is -0.390 e. The van der Waals surface area contributed by atoms with Gasteiger partial charge in [-0.25, -0.2) is 17.6 Å². The number of alkyl halides is 4. The molecule has 64 heavy (non-hydrogen) atoms. The van der Waals surface area contributed by atoms with Gasteiger partial charge in [0.1, 0.15) is 25.6 Å². The number of ketones is 4. The number of hydrogen-bond donors (Lipinski definition) is 4. The Morgan fingerprint density at radius 2 is 0.953 bits per heavy atom. The van der Waals surface area contributed by atoms with Crippen LogP contribution in [0.5, 0.6) is 0 Å². The van der Waals surface area contributed by atoms with Crippen molar-refractivity contribution in [2.24, 2.45) is 45.3 Å². The lowest BCUT2D eigenvalue weighted by Gasteiger charge is -2.63. The van der Waals surface area contributed by atoms with Crippen molar-refractivity contribution in [2.75, 3.05) is 13.2 Å². The molecule has 8 fully saturated rings. The zero-order chi connectivity index (χ0) is 47.0. The summed E-state index contributed by atoms with van der Waals surface area (Å²) in [6.45, 7) is 11.7. The molecule has 0 aromatic carbocycles. The average molecular weight is 905 g/mol. The smallest absolute Gasteiger partial charge is 0.193 e. The van der Waals surface area contributed by atoms with Crippen molar-refractivity contribution < 1.29 is 76.1 Å². The van der Waals surface area contributed by atoms with Crippen LogP contribution in [0.3, 0.4) is 0 Å². The maximum Gasteiger partial charge on any atom is 0.193 e. The fourth-order valence-electron chi connectivity index (χ4n) is 15.8. The van der Waals surface area contributed by atoms with E-state index >= 15 is 17.6 Å². The molecule has 10 aliphatic rings. The fraction of sp³-hybridized carbons (Fsp3) is 0.750. The number of allylic oxidation sites excluding steroid dienone is 8. The second kappa shape index (κ2) is 13.8. The molecule has 2 saturated heterocycles. The van der Waals surface area contributed by atoms with E-state index in [9.17, 15) is 39.6 Å². The molecule has 16 heteroatoms. The van der Waals surface area contributed by atoms with Crippen LogP contribution in [0.25, 0.3) is 0 Å². The first kappa shape index (κ1) is 46.2. The van der Waals surface area contributed by atoms with Crippen LogP contribution in [-0.2, 0) is 38.1 Å². The molecule has 0 aromatic heterocycles. The van der Waals surface area contributed by atoms with E-state index in [1.807, 2.05) is 0 Å². The molecule has 2 aliphatic heterocycles. The van der Waals surface area contributed by atoms with Gasteiger partial charge >= 0.3 is 0 Å². The number of ether oxygens (including phenoxy) is 4. The molecule has 18 atom stereocenters. The number of aliphatic hydroxyl groups is 4. The highest BCUT2D eigenvalue weighted by Crippen LogP contribution is 2.74. The quantitative estimate of drug-likeness (QED) is 0.285. The van der Waals surface area contributed by atoms with E-state index < -0.39 is 153 Å². The molecular weight excluding hydrogens is 845 g/mol. The summed E-state index contributed by atoms with van der Waals surface area (Å²) in [7, 11) is 0. The van der Waals surface area contributed by atoms with Gasteiger partial charge in [-0.15, -0.1) is 0 Å². The zero-order valence-corrected chi connectivity index (χ0v) is 37.5.